The summed E-state index contributed by atoms with van der Waals surface area (Å²) in [4.78, 5) is 6.84. The Morgan fingerprint density at radius 3 is 3.11 bits per heavy atom. The van der Waals surface area contributed by atoms with E-state index in [-0.39, 0.29) is 0 Å². The minimum atomic E-state index is 0.869. The number of nitrogens with zero attached hydrogens (tertiary/aromatic N) is 2. The summed E-state index contributed by atoms with van der Waals surface area (Å²) in [5, 5.41) is 3.49. The maximum atomic E-state index is 4.29. The summed E-state index contributed by atoms with van der Waals surface area (Å²) < 4.78 is 0. The lowest BCUT2D eigenvalue weighted by atomic mass is 10.0. The van der Waals surface area contributed by atoms with Gasteiger partial charge in [0, 0.05) is 43.3 Å². The van der Waals surface area contributed by atoms with Gasteiger partial charge in [-0.2, -0.15) is 0 Å². The molecule has 0 amide bonds. The zero-order valence-corrected chi connectivity index (χ0v) is 12.4. The summed E-state index contributed by atoms with van der Waals surface area (Å²) in [5.41, 5.74) is 2.72. The highest BCUT2D eigenvalue weighted by molar-refractivity contribution is 5.52. The number of pyridine rings is 1. The van der Waals surface area contributed by atoms with E-state index in [1.165, 1.54) is 50.0 Å². The third-order valence-electron chi connectivity index (χ3n) is 3.98. The Kier molecular flexibility index (Phi) is 5.64. The van der Waals surface area contributed by atoms with Crippen molar-refractivity contribution in [1.82, 2.24) is 10.3 Å². The lowest BCUT2D eigenvalue weighted by Gasteiger charge is -2.25. The first kappa shape index (κ1) is 14.3. The van der Waals surface area contributed by atoms with E-state index in [9.17, 15) is 0 Å². The van der Waals surface area contributed by atoms with Gasteiger partial charge in [-0.3, -0.25) is 4.98 Å². The largest absolute Gasteiger partial charge is 0.371 e. The van der Waals surface area contributed by atoms with Crippen molar-refractivity contribution >= 4 is 5.69 Å². The zero-order chi connectivity index (χ0) is 13.5. The van der Waals surface area contributed by atoms with E-state index in [1.807, 2.05) is 12.4 Å². The molecule has 0 bridgehead atoms. The van der Waals surface area contributed by atoms with Crippen LogP contribution in [0.1, 0.15) is 45.1 Å². The SMILES string of the molecule is CCCNCc1cnccc1N1CCCC(C)CC1. The fourth-order valence-electron chi connectivity index (χ4n) is 2.77. The van der Waals surface area contributed by atoms with Crippen LogP contribution < -0.4 is 10.2 Å². The summed E-state index contributed by atoms with van der Waals surface area (Å²) in [6, 6.07) is 2.18. The van der Waals surface area contributed by atoms with E-state index in [4.69, 9.17) is 0 Å². The Morgan fingerprint density at radius 2 is 2.26 bits per heavy atom. The molecule has 1 atom stereocenters. The fourth-order valence-corrected chi connectivity index (χ4v) is 2.77. The van der Waals surface area contributed by atoms with Crippen molar-refractivity contribution in [3.8, 4) is 0 Å². The van der Waals surface area contributed by atoms with Gasteiger partial charge in [0.15, 0.2) is 0 Å². The molecule has 1 N–H and O–H groups in total. The van der Waals surface area contributed by atoms with Gasteiger partial charge in [-0.15, -0.1) is 0 Å². The minimum Gasteiger partial charge on any atom is -0.371 e. The molecule has 1 aliphatic rings. The predicted molar refractivity (Wildman–Crippen MR) is 81.5 cm³/mol. The van der Waals surface area contributed by atoms with Crippen molar-refractivity contribution < 1.29 is 0 Å². The molecular formula is C16H27N3. The topological polar surface area (TPSA) is 28.2 Å². The highest BCUT2D eigenvalue weighted by Gasteiger charge is 2.16. The first-order valence-electron chi connectivity index (χ1n) is 7.69. The second-order valence-electron chi connectivity index (χ2n) is 5.70. The van der Waals surface area contributed by atoms with Gasteiger partial charge in [-0.1, -0.05) is 13.8 Å². The van der Waals surface area contributed by atoms with Crippen LogP contribution in [0.25, 0.3) is 0 Å². The number of anilines is 1. The van der Waals surface area contributed by atoms with Crippen LogP contribution in [0.2, 0.25) is 0 Å². The van der Waals surface area contributed by atoms with Crippen LogP contribution in [-0.4, -0.2) is 24.6 Å². The molecule has 2 heterocycles. The molecular weight excluding hydrogens is 234 g/mol. The van der Waals surface area contributed by atoms with Crippen LogP contribution in [0.4, 0.5) is 5.69 Å². The van der Waals surface area contributed by atoms with Gasteiger partial charge >= 0.3 is 0 Å². The molecule has 3 nitrogen and oxygen atoms in total. The minimum absolute atomic E-state index is 0.869. The molecule has 19 heavy (non-hydrogen) atoms. The van der Waals surface area contributed by atoms with Gasteiger partial charge < -0.3 is 10.2 Å². The van der Waals surface area contributed by atoms with E-state index in [2.05, 4.69) is 35.1 Å². The second-order valence-corrected chi connectivity index (χ2v) is 5.70. The summed E-state index contributed by atoms with van der Waals surface area (Å²) in [6.45, 7) is 8.96. The van der Waals surface area contributed by atoms with Crippen molar-refractivity contribution in [3.05, 3.63) is 24.0 Å². The normalized spacial score (nSPS) is 20.3. The molecule has 3 heteroatoms. The molecule has 106 valence electrons. The average molecular weight is 261 g/mol. The number of nitrogens with one attached hydrogen (secondary N) is 1. The average Bonchev–Trinajstić information content (AvgIpc) is 2.64. The van der Waals surface area contributed by atoms with E-state index < -0.39 is 0 Å². The maximum Gasteiger partial charge on any atom is 0.0442 e. The third-order valence-corrected chi connectivity index (χ3v) is 3.98. The van der Waals surface area contributed by atoms with Crippen LogP contribution in [0.15, 0.2) is 18.5 Å². The van der Waals surface area contributed by atoms with Crippen molar-refractivity contribution in [2.45, 2.75) is 46.1 Å². The molecule has 1 aromatic rings. The van der Waals surface area contributed by atoms with Crippen molar-refractivity contribution in [2.75, 3.05) is 24.5 Å². The van der Waals surface area contributed by atoms with Crippen molar-refractivity contribution in [2.24, 2.45) is 5.92 Å². The monoisotopic (exact) mass is 261 g/mol. The first-order chi connectivity index (χ1) is 9.31. The predicted octanol–water partition coefficient (Wildman–Crippen LogP) is 3.21. The molecule has 0 spiro atoms. The lowest BCUT2D eigenvalue weighted by Crippen LogP contribution is -2.26. The number of hydrogen-bond acceptors (Lipinski definition) is 3. The smallest absolute Gasteiger partial charge is 0.0442 e. The van der Waals surface area contributed by atoms with E-state index in [0.29, 0.717) is 0 Å². The van der Waals surface area contributed by atoms with Gasteiger partial charge in [0.2, 0.25) is 0 Å². The Morgan fingerprint density at radius 1 is 1.37 bits per heavy atom. The molecule has 1 unspecified atom stereocenters. The van der Waals surface area contributed by atoms with Gasteiger partial charge in [-0.05, 0) is 44.2 Å². The van der Waals surface area contributed by atoms with Gasteiger partial charge in [-0.25, -0.2) is 0 Å². The summed E-state index contributed by atoms with van der Waals surface area (Å²) in [5.74, 6) is 0.869. The van der Waals surface area contributed by atoms with Gasteiger partial charge in [0.1, 0.15) is 0 Å². The number of rotatable bonds is 5. The van der Waals surface area contributed by atoms with Crippen LogP contribution in [0.5, 0.6) is 0 Å². The Bertz CT molecular complexity index is 378. The Labute approximate surface area is 117 Å². The maximum absolute atomic E-state index is 4.29. The summed E-state index contributed by atoms with van der Waals surface area (Å²) >= 11 is 0. The molecule has 0 aromatic carbocycles. The molecule has 0 aliphatic carbocycles. The first-order valence-corrected chi connectivity index (χ1v) is 7.69. The van der Waals surface area contributed by atoms with E-state index >= 15 is 0 Å². The van der Waals surface area contributed by atoms with E-state index in [0.717, 1.165) is 19.0 Å². The Balaban J connectivity index is 2.05. The standard InChI is InChI=1S/C16H27N3/c1-3-8-17-12-15-13-18-9-6-16(15)19-10-4-5-14(2)7-11-19/h6,9,13-14,17H,3-5,7-8,10-12H2,1-2H3. The number of hydrogen-bond donors (Lipinski definition) is 1. The lowest BCUT2D eigenvalue weighted by molar-refractivity contribution is 0.521. The van der Waals surface area contributed by atoms with E-state index in [1.54, 1.807) is 0 Å². The molecule has 0 radical (unpaired) electrons. The summed E-state index contributed by atoms with van der Waals surface area (Å²) in [7, 11) is 0. The van der Waals surface area contributed by atoms with Gasteiger partial charge in [0.25, 0.3) is 0 Å². The second kappa shape index (κ2) is 7.49. The van der Waals surface area contributed by atoms with Crippen LogP contribution in [0, 0.1) is 5.92 Å². The fraction of sp³-hybridized carbons (Fsp3) is 0.688. The molecule has 0 saturated carbocycles. The Hall–Kier alpha value is -1.09. The van der Waals surface area contributed by atoms with Crippen LogP contribution in [0.3, 0.4) is 0 Å². The molecule has 2 rings (SSSR count). The van der Waals surface area contributed by atoms with Crippen molar-refractivity contribution in [3.63, 3.8) is 0 Å². The third kappa shape index (κ3) is 4.20. The highest BCUT2D eigenvalue weighted by Crippen LogP contribution is 2.24. The summed E-state index contributed by atoms with van der Waals surface area (Å²) in [6.07, 6.45) is 9.11. The zero-order valence-electron chi connectivity index (χ0n) is 12.4. The van der Waals surface area contributed by atoms with Gasteiger partial charge in [0.05, 0.1) is 0 Å². The molecule has 1 aromatic heterocycles. The highest BCUT2D eigenvalue weighted by atomic mass is 15.1. The van der Waals surface area contributed by atoms with Crippen molar-refractivity contribution in [1.29, 1.82) is 0 Å². The molecule has 1 saturated heterocycles. The van der Waals surface area contributed by atoms with Crippen LogP contribution in [-0.2, 0) is 6.54 Å². The number of aromatic nitrogens is 1. The quantitative estimate of drug-likeness (QED) is 0.825. The molecule has 1 aliphatic heterocycles. The molecule has 1 fully saturated rings. The van der Waals surface area contributed by atoms with Crippen LogP contribution >= 0.6 is 0 Å².